The van der Waals surface area contributed by atoms with E-state index < -0.39 is 0 Å². The van der Waals surface area contributed by atoms with Crippen molar-refractivity contribution in [1.29, 1.82) is 0 Å². The zero-order valence-electron chi connectivity index (χ0n) is 19.2. The van der Waals surface area contributed by atoms with Crippen molar-refractivity contribution in [2.24, 2.45) is 0 Å². The number of hydrogen-bond acceptors (Lipinski definition) is 8. The average Bonchev–Trinajstić information content (AvgIpc) is 3.52. The van der Waals surface area contributed by atoms with Gasteiger partial charge >= 0.3 is 0 Å². The van der Waals surface area contributed by atoms with Crippen LogP contribution in [0.2, 0.25) is 0 Å². The van der Waals surface area contributed by atoms with Crippen molar-refractivity contribution in [3.8, 4) is 0 Å². The molecule has 2 aliphatic heterocycles. The zero-order valence-corrected chi connectivity index (χ0v) is 20.1. The monoisotopic (exact) mass is 483 g/mol. The summed E-state index contributed by atoms with van der Waals surface area (Å²) in [5.41, 5.74) is 1.28. The largest absolute Gasteiger partial charge is 0.381 e. The first-order valence-electron chi connectivity index (χ1n) is 11.7. The van der Waals surface area contributed by atoms with Crippen LogP contribution in [-0.2, 0) is 27.4 Å². The van der Waals surface area contributed by atoms with Crippen molar-refractivity contribution in [3.05, 3.63) is 52.1 Å². The highest BCUT2D eigenvalue weighted by atomic mass is 32.1. The molecule has 0 aliphatic carbocycles. The van der Waals surface area contributed by atoms with Gasteiger partial charge in [-0.2, -0.15) is 0 Å². The number of carbonyl (C=O) groups is 1. The molecule has 1 amide bonds. The summed E-state index contributed by atoms with van der Waals surface area (Å²) in [4.78, 5) is 38.6. The van der Waals surface area contributed by atoms with Crippen LogP contribution >= 0.6 is 11.3 Å². The van der Waals surface area contributed by atoms with Gasteiger partial charge in [-0.15, -0.1) is 0 Å². The van der Waals surface area contributed by atoms with E-state index >= 15 is 0 Å². The highest BCUT2D eigenvalue weighted by Crippen LogP contribution is 2.32. The summed E-state index contributed by atoms with van der Waals surface area (Å²) in [6, 6.07) is 9.58. The van der Waals surface area contributed by atoms with Crippen molar-refractivity contribution < 1.29 is 14.3 Å². The number of nitrogens with one attached hydrogen (secondary N) is 1. The number of aromatic nitrogens is 3. The van der Waals surface area contributed by atoms with Crippen LogP contribution < -0.4 is 15.8 Å². The van der Waals surface area contributed by atoms with Gasteiger partial charge in [0.1, 0.15) is 18.5 Å². The SMILES string of the molecule is COCc1nc2sc(N3CCCC3C(=O)NCc3ccccc3)nc2c(=O)n1C1CCOCC1. The Balaban J connectivity index is 1.42. The molecule has 1 atom stereocenters. The summed E-state index contributed by atoms with van der Waals surface area (Å²) in [6.45, 7) is 2.71. The van der Waals surface area contributed by atoms with E-state index in [9.17, 15) is 9.59 Å². The maximum Gasteiger partial charge on any atom is 0.281 e. The van der Waals surface area contributed by atoms with Gasteiger partial charge in [0.25, 0.3) is 5.56 Å². The molecular weight excluding hydrogens is 454 g/mol. The number of carbonyl (C=O) groups excluding carboxylic acids is 1. The molecule has 4 heterocycles. The second kappa shape index (κ2) is 10.2. The number of thiazole rings is 1. The van der Waals surface area contributed by atoms with Crippen LogP contribution in [0.4, 0.5) is 5.13 Å². The highest BCUT2D eigenvalue weighted by molar-refractivity contribution is 7.21. The number of anilines is 1. The van der Waals surface area contributed by atoms with E-state index in [-0.39, 0.29) is 30.2 Å². The molecule has 1 N–H and O–H groups in total. The number of methoxy groups -OCH3 is 1. The Bertz CT molecular complexity index is 1210. The molecule has 1 aromatic carbocycles. The fraction of sp³-hybridized carbons (Fsp3) is 0.500. The predicted octanol–water partition coefficient (Wildman–Crippen LogP) is 2.64. The van der Waals surface area contributed by atoms with E-state index in [1.807, 2.05) is 35.2 Å². The molecule has 0 radical (unpaired) electrons. The maximum absolute atomic E-state index is 13.5. The topological polar surface area (TPSA) is 98.6 Å². The minimum absolute atomic E-state index is 0.0201. The third kappa shape index (κ3) is 4.57. The quantitative estimate of drug-likeness (QED) is 0.552. The molecule has 2 fully saturated rings. The van der Waals surface area contributed by atoms with Crippen LogP contribution in [0.25, 0.3) is 10.3 Å². The van der Waals surface area contributed by atoms with Gasteiger partial charge in [0.15, 0.2) is 15.5 Å². The van der Waals surface area contributed by atoms with E-state index in [4.69, 9.17) is 19.4 Å². The molecule has 1 unspecified atom stereocenters. The number of fused-ring (bicyclic) bond motifs is 1. The van der Waals surface area contributed by atoms with Gasteiger partial charge in [-0.3, -0.25) is 14.2 Å². The normalized spacial score (nSPS) is 19.1. The lowest BCUT2D eigenvalue weighted by Gasteiger charge is -2.25. The van der Waals surface area contributed by atoms with Crippen LogP contribution in [0, 0.1) is 0 Å². The van der Waals surface area contributed by atoms with Gasteiger partial charge < -0.3 is 19.7 Å². The summed E-state index contributed by atoms with van der Waals surface area (Å²) in [5.74, 6) is 0.592. The van der Waals surface area contributed by atoms with Gasteiger partial charge in [-0.1, -0.05) is 41.7 Å². The Labute approximate surface area is 201 Å². The zero-order chi connectivity index (χ0) is 23.5. The van der Waals surface area contributed by atoms with Crippen molar-refractivity contribution in [2.45, 2.75) is 50.9 Å². The van der Waals surface area contributed by atoms with Gasteiger partial charge in [0, 0.05) is 39.5 Å². The van der Waals surface area contributed by atoms with Gasteiger partial charge in [-0.05, 0) is 31.2 Å². The Hall–Kier alpha value is -2.82. The summed E-state index contributed by atoms with van der Waals surface area (Å²) in [7, 11) is 1.60. The van der Waals surface area contributed by atoms with Crippen molar-refractivity contribution in [3.63, 3.8) is 0 Å². The first kappa shape index (κ1) is 22.9. The molecule has 34 heavy (non-hydrogen) atoms. The minimum Gasteiger partial charge on any atom is -0.381 e. The summed E-state index contributed by atoms with van der Waals surface area (Å²) in [5, 5.41) is 3.72. The molecule has 180 valence electrons. The molecule has 0 saturated carbocycles. The molecule has 2 aliphatic rings. The van der Waals surface area contributed by atoms with Crippen LogP contribution in [0.5, 0.6) is 0 Å². The van der Waals surface area contributed by atoms with Crippen LogP contribution in [0.1, 0.15) is 43.1 Å². The lowest BCUT2D eigenvalue weighted by Crippen LogP contribution is -2.43. The van der Waals surface area contributed by atoms with Crippen LogP contribution in [0.15, 0.2) is 35.1 Å². The molecule has 10 heteroatoms. The maximum atomic E-state index is 13.5. The lowest BCUT2D eigenvalue weighted by molar-refractivity contribution is -0.122. The fourth-order valence-corrected chi connectivity index (χ4v) is 5.79. The van der Waals surface area contributed by atoms with E-state index in [0.29, 0.717) is 41.1 Å². The summed E-state index contributed by atoms with van der Waals surface area (Å²) < 4.78 is 12.6. The number of ether oxygens (including phenoxy) is 2. The molecule has 2 saturated heterocycles. The van der Waals surface area contributed by atoms with E-state index in [1.54, 1.807) is 11.7 Å². The van der Waals surface area contributed by atoms with E-state index in [1.165, 1.54) is 11.3 Å². The molecule has 0 spiro atoms. The fourth-order valence-electron chi connectivity index (χ4n) is 4.76. The smallest absolute Gasteiger partial charge is 0.281 e. The molecular formula is C24H29N5O4S. The molecule has 5 rings (SSSR count). The lowest BCUT2D eigenvalue weighted by atomic mass is 10.1. The molecule has 3 aromatic rings. The van der Waals surface area contributed by atoms with Crippen molar-refractivity contribution in [2.75, 3.05) is 31.8 Å². The van der Waals surface area contributed by atoms with Gasteiger partial charge in [0.2, 0.25) is 5.91 Å². The number of hydrogen-bond donors (Lipinski definition) is 1. The summed E-state index contributed by atoms with van der Waals surface area (Å²) >= 11 is 1.37. The Morgan fingerprint density at radius 3 is 2.76 bits per heavy atom. The molecule has 0 bridgehead atoms. The first-order valence-corrected chi connectivity index (χ1v) is 12.5. The van der Waals surface area contributed by atoms with Crippen molar-refractivity contribution in [1.82, 2.24) is 19.9 Å². The summed E-state index contributed by atoms with van der Waals surface area (Å²) in [6.07, 6.45) is 3.17. The Kier molecular flexibility index (Phi) is 6.89. The number of benzene rings is 1. The van der Waals surface area contributed by atoms with E-state index in [2.05, 4.69) is 5.32 Å². The van der Waals surface area contributed by atoms with Gasteiger partial charge in [0.05, 0.1) is 0 Å². The van der Waals surface area contributed by atoms with Gasteiger partial charge in [-0.25, -0.2) is 9.97 Å². The number of nitrogens with zero attached hydrogens (tertiary/aromatic N) is 4. The first-order chi connectivity index (χ1) is 16.7. The van der Waals surface area contributed by atoms with Crippen LogP contribution in [0.3, 0.4) is 0 Å². The Morgan fingerprint density at radius 1 is 1.21 bits per heavy atom. The predicted molar refractivity (Wildman–Crippen MR) is 130 cm³/mol. The Morgan fingerprint density at radius 2 is 2.00 bits per heavy atom. The number of rotatable bonds is 7. The minimum atomic E-state index is -0.305. The van der Waals surface area contributed by atoms with Crippen LogP contribution in [-0.4, -0.2) is 53.4 Å². The average molecular weight is 484 g/mol. The van der Waals surface area contributed by atoms with Crippen molar-refractivity contribution >= 4 is 32.7 Å². The third-order valence-electron chi connectivity index (χ3n) is 6.47. The molecule has 2 aromatic heterocycles. The second-order valence-electron chi connectivity index (χ2n) is 8.68. The highest BCUT2D eigenvalue weighted by Gasteiger charge is 2.33. The number of amides is 1. The standard InChI is InChI=1S/C24H29N5O4S/c1-32-15-19-26-22-20(23(31)29(19)17-9-12-33-13-10-17)27-24(34-22)28-11-5-8-18(28)21(30)25-14-16-6-3-2-4-7-16/h2-4,6-7,17-18H,5,8-15H2,1H3,(H,25,30). The molecule has 9 nitrogen and oxygen atoms in total. The van der Waals surface area contributed by atoms with E-state index in [0.717, 1.165) is 37.8 Å². The second-order valence-corrected chi connectivity index (χ2v) is 9.64. The third-order valence-corrected chi connectivity index (χ3v) is 7.45.